The summed E-state index contributed by atoms with van der Waals surface area (Å²) in [5.74, 6) is 0.958. The first-order valence-electron chi connectivity index (χ1n) is 14.8. The van der Waals surface area contributed by atoms with Gasteiger partial charge in [-0.25, -0.2) is 0 Å². The molecule has 0 saturated heterocycles. The minimum absolute atomic E-state index is 0.470. The summed E-state index contributed by atoms with van der Waals surface area (Å²) in [6, 6.07) is 29.7. The molecule has 0 N–H and O–H groups in total. The molecule has 0 bridgehead atoms. The monoisotopic (exact) mass is 597 g/mol. The van der Waals surface area contributed by atoms with E-state index in [1.165, 1.54) is 33.4 Å². The molecule has 0 heterocycles. The molecule has 0 fully saturated rings. The molecular formula is C39H39Zr. The first-order chi connectivity index (χ1) is 19.4. The molecule has 0 aliphatic heterocycles. The van der Waals surface area contributed by atoms with Crippen molar-refractivity contribution in [2.45, 2.75) is 63.4 Å². The summed E-state index contributed by atoms with van der Waals surface area (Å²) < 4.78 is 2.06. The van der Waals surface area contributed by atoms with E-state index in [1.807, 2.05) is 0 Å². The number of benzene rings is 4. The average Bonchev–Trinajstić information content (AvgIpc) is 3.58. The Bertz CT molecular complexity index is 1620. The molecule has 0 radical (unpaired) electrons. The molecule has 0 amide bonds. The van der Waals surface area contributed by atoms with Gasteiger partial charge in [-0.2, -0.15) is 0 Å². The molecule has 0 saturated carbocycles. The number of fused-ring (bicyclic) bond motifs is 3. The van der Waals surface area contributed by atoms with E-state index in [0.717, 1.165) is 6.42 Å². The fraction of sp³-hybridized carbons (Fsp3) is 0.256. The van der Waals surface area contributed by atoms with Crippen LogP contribution in [0, 0.1) is 13.8 Å². The first kappa shape index (κ1) is 27.3. The molecule has 40 heavy (non-hydrogen) atoms. The predicted molar refractivity (Wildman–Crippen MR) is 169 cm³/mol. The van der Waals surface area contributed by atoms with Gasteiger partial charge in [0.25, 0.3) is 0 Å². The Morgan fingerprint density at radius 2 is 1.38 bits per heavy atom. The van der Waals surface area contributed by atoms with E-state index in [1.54, 1.807) is 36.6 Å². The van der Waals surface area contributed by atoms with Crippen LogP contribution in [0.2, 0.25) is 0 Å². The van der Waals surface area contributed by atoms with Gasteiger partial charge in [0.15, 0.2) is 0 Å². The van der Waals surface area contributed by atoms with Gasteiger partial charge in [0.2, 0.25) is 0 Å². The SMILES string of the molecule is Cc1ccc2c(c1)[CH]([Zr]=[C](c1ccccc1)c1ccccc1)c1c(C3=CC=CC3)c(C)c(C(C)C)c(C(C)C)c1-2. The zero-order valence-electron chi connectivity index (χ0n) is 24.7. The number of aryl methyl sites for hydroxylation is 1. The molecule has 1 heteroatoms. The number of hydrogen-bond donors (Lipinski definition) is 0. The third-order valence-electron chi connectivity index (χ3n) is 8.61. The van der Waals surface area contributed by atoms with E-state index >= 15 is 0 Å². The second-order valence-electron chi connectivity index (χ2n) is 12.0. The molecule has 0 spiro atoms. The quantitative estimate of drug-likeness (QED) is 0.207. The van der Waals surface area contributed by atoms with Crippen LogP contribution in [-0.2, 0) is 22.8 Å². The summed E-state index contributed by atoms with van der Waals surface area (Å²) in [6.07, 6.45) is 8.02. The molecular weight excluding hydrogens is 560 g/mol. The van der Waals surface area contributed by atoms with Crippen molar-refractivity contribution in [2.75, 3.05) is 0 Å². The van der Waals surface area contributed by atoms with Crippen molar-refractivity contribution in [1.82, 2.24) is 0 Å². The molecule has 0 aromatic heterocycles. The molecule has 4 aromatic rings. The van der Waals surface area contributed by atoms with Crippen LogP contribution in [0.1, 0.15) is 99.6 Å². The third-order valence-corrected chi connectivity index (χ3v) is 12.9. The van der Waals surface area contributed by atoms with E-state index in [2.05, 4.69) is 139 Å². The molecule has 2 aliphatic rings. The van der Waals surface area contributed by atoms with Crippen LogP contribution >= 0.6 is 0 Å². The summed E-state index contributed by atoms with van der Waals surface area (Å²) in [6.45, 7) is 14.3. The zero-order valence-corrected chi connectivity index (χ0v) is 27.1. The Balaban J connectivity index is 1.75. The molecule has 199 valence electrons. The molecule has 1 unspecified atom stereocenters. The Kier molecular flexibility index (Phi) is 7.63. The fourth-order valence-corrected chi connectivity index (χ4v) is 11.4. The van der Waals surface area contributed by atoms with Gasteiger partial charge in [0.1, 0.15) is 0 Å². The minimum atomic E-state index is -1.19. The van der Waals surface area contributed by atoms with E-state index in [0.29, 0.717) is 15.5 Å². The van der Waals surface area contributed by atoms with Gasteiger partial charge in [-0.3, -0.25) is 0 Å². The summed E-state index contributed by atoms with van der Waals surface area (Å²) in [7, 11) is 0. The average molecular weight is 599 g/mol. The summed E-state index contributed by atoms with van der Waals surface area (Å²) in [4.78, 5) is 0. The molecule has 6 rings (SSSR count). The Hall–Kier alpha value is -2.89. The molecule has 1 atom stereocenters. The van der Waals surface area contributed by atoms with Gasteiger partial charge in [-0.15, -0.1) is 0 Å². The zero-order chi connectivity index (χ0) is 28.0. The molecule has 4 aromatic carbocycles. The van der Waals surface area contributed by atoms with E-state index in [-0.39, 0.29) is 0 Å². The van der Waals surface area contributed by atoms with Gasteiger partial charge in [-0.05, 0) is 0 Å². The van der Waals surface area contributed by atoms with Crippen LogP contribution in [0.15, 0.2) is 97.1 Å². The van der Waals surface area contributed by atoms with Crippen LogP contribution < -0.4 is 0 Å². The van der Waals surface area contributed by atoms with Crippen molar-refractivity contribution in [2.24, 2.45) is 0 Å². The number of hydrogen-bond acceptors (Lipinski definition) is 0. The first-order valence-corrected chi connectivity index (χ1v) is 17.4. The van der Waals surface area contributed by atoms with E-state index < -0.39 is 22.8 Å². The van der Waals surface area contributed by atoms with Crippen molar-refractivity contribution in [1.29, 1.82) is 0 Å². The normalized spacial score (nSPS) is 15.3. The Morgan fingerprint density at radius 3 is 1.93 bits per heavy atom. The van der Waals surface area contributed by atoms with Gasteiger partial charge in [0.05, 0.1) is 0 Å². The number of rotatable bonds is 6. The second kappa shape index (κ2) is 11.2. The van der Waals surface area contributed by atoms with Crippen LogP contribution in [0.25, 0.3) is 16.7 Å². The maximum atomic E-state index is 2.52. The van der Waals surface area contributed by atoms with Crippen molar-refractivity contribution >= 4 is 8.78 Å². The summed E-state index contributed by atoms with van der Waals surface area (Å²) in [5.41, 5.74) is 18.1. The van der Waals surface area contributed by atoms with E-state index in [4.69, 9.17) is 0 Å². The Morgan fingerprint density at radius 1 is 0.750 bits per heavy atom. The van der Waals surface area contributed by atoms with Crippen LogP contribution in [0.4, 0.5) is 0 Å². The topological polar surface area (TPSA) is 0 Å². The van der Waals surface area contributed by atoms with Crippen LogP contribution in [0.3, 0.4) is 0 Å². The van der Waals surface area contributed by atoms with Gasteiger partial charge in [0, 0.05) is 0 Å². The van der Waals surface area contributed by atoms with Crippen LogP contribution in [-0.4, -0.2) is 3.21 Å². The third kappa shape index (κ3) is 4.71. The Labute approximate surface area is 251 Å². The number of allylic oxidation sites excluding steroid dienone is 4. The second-order valence-corrected chi connectivity index (χ2v) is 15.4. The van der Waals surface area contributed by atoms with Crippen molar-refractivity contribution in [3.8, 4) is 11.1 Å². The summed E-state index contributed by atoms with van der Waals surface area (Å²) >= 11 is -1.19. The van der Waals surface area contributed by atoms with E-state index in [9.17, 15) is 0 Å². The summed E-state index contributed by atoms with van der Waals surface area (Å²) in [5, 5.41) is 0. The van der Waals surface area contributed by atoms with Crippen molar-refractivity contribution in [3.05, 3.63) is 147 Å². The van der Waals surface area contributed by atoms with Gasteiger partial charge < -0.3 is 0 Å². The van der Waals surface area contributed by atoms with Crippen molar-refractivity contribution in [3.63, 3.8) is 0 Å². The maximum absolute atomic E-state index is 2.52. The fourth-order valence-electron chi connectivity index (χ4n) is 7.05. The standard InChI is InChI=1S/C26H29.C13H10.Zr/c1-15(2)23-18(6)25(19-9-7-8-10-19)22-14-20-13-17(5)11-12-21(20)26(22)24(23)16(3)4;1-3-7-12(8-4-1)11-13-9-5-2-6-10-13;/h7-9,11-16H,10H2,1-6H3;1-10H;. The predicted octanol–water partition coefficient (Wildman–Crippen LogP) is 10.3. The van der Waals surface area contributed by atoms with Gasteiger partial charge >= 0.3 is 253 Å². The van der Waals surface area contributed by atoms with Crippen molar-refractivity contribution < 1.29 is 22.8 Å². The molecule has 2 aliphatic carbocycles. The molecule has 0 nitrogen and oxygen atoms in total. The van der Waals surface area contributed by atoms with Crippen LogP contribution in [0.5, 0.6) is 0 Å². The van der Waals surface area contributed by atoms with Gasteiger partial charge in [-0.1, -0.05) is 0 Å².